The van der Waals surface area contributed by atoms with Crippen molar-refractivity contribution in [1.82, 2.24) is 9.80 Å². The summed E-state index contributed by atoms with van der Waals surface area (Å²) in [5, 5.41) is 10.4. The third-order valence-corrected chi connectivity index (χ3v) is 6.10. The first-order valence-electron chi connectivity index (χ1n) is 10.1. The normalized spacial score (nSPS) is 22.3. The maximum atomic E-state index is 12.3. The van der Waals surface area contributed by atoms with Crippen LogP contribution in [0.25, 0.3) is 0 Å². The first kappa shape index (κ1) is 20.1. The fourth-order valence-electron chi connectivity index (χ4n) is 4.40. The fraction of sp³-hybridized carbons (Fsp3) is 0.667. The van der Waals surface area contributed by atoms with Gasteiger partial charge in [-0.3, -0.25) is 9.69 Å². The number of carbonyl (C=O) groups excluding carboxylic acids is 1. The Morgan fingerprint density at radius 3 is 2.48 bits per heavy atom. The van der Waals surface area contributed by atoms with E-state index in [4.69, 9.17) is 10.5 Å². The number of aliphatic hydroxyl groups is 1. The van der Waals surface area contributed by atoms with E-state index in [1.165, 1.54) is 6.42 Å². The van der Waals surface area contributed by atoms with Gasteiger partial charge in [-0.25, -0.2) is 0 Å². The van der Waals surface area contributed by atoms with Gasteiger partial charge in [-0.2, -0.15) is 0 Å². The molecule has 1 amide bonds. The van der Waals surface area contributed by atoms with Crippen molar-refractivity contribution in [3.63, 3.8) is 0 Å². The molecule has 6 nitrogen and oxygen atoms in total. The molecule has 1 atom stereocenters. The largest absolute Gasteiger partial charge is 0.491 e. The van der Waals surface area contributed by atoms with Gasteiger partial charge in [-0.1, -0.05) is 24.6 Å². The summed E-state index contributed by atoms with van der Waals surface area (Å²) >= 11 is 0. The van der Waals surface area contributed by atoms with Gasteiger partial charge in [0.15, 0.2) is 0 Å². The van der Waals surface area contributed by atoms with Gasteiger partial charge in [-0.05, 0) is 57.3 Å². The van der Waals surface area contributed by atoms with Crippen LogP contribution in [0.4, 0.5) is 0 Å². The predicted octanol–water partition coefficient (Wildman–Crippen LogP) is 1.54. The predicted molar refractivity (Wildman–Crippen MR) is 106 cm³/mol. The van der Waals surface area contributed by atoms with E-state index in [9.17, 15) is 9.90 Å². The van der Waals surface area contributed by atoms with Crippen LogP contribution in [0.1, 0.15) is 37.7 Å². The number of nitrogens with zero attached hydrogens (tertiary/aromatic N) is 2. The minimum Gasteiger partial charge on any atom is -0.491 e. The minimum absolute atomic E-state index is 0.188. The zero-order chi connectivity index (χ0) is 19.3. The number of likely N-dealkylation sites (tertiary alicyclic amines) is 2. The summed E-state index contributed by atoms with van der Waals surface area (Å²) in [6.45, 7) is 6.32. The fourth-order valence-corrected chi connectivity index (χ4v) is 4.40. The maximum Gasteiger partial charge on any atom is 0.238 e. The molecule has 0 aromatic heterocycles. The number of nitrogens with two attached hydrogens (primary N) is 1. The Morgan fingerprint density at radius 1 is 1.19 bits per heavy atom. The molecule has 0 radical (unpaired) electrons. The number of hydrogen-bond acceptors (Lipinski definition) is 5. The molecule has 150 valence electrons. The Kier molecular flexibility index (Phi) is 6.73. The summed E-state index contributed by atoms with van der Waals surface area (Å²) in [6, 6.07) is 7.82. The number of aliphatic hydroxyl groups excluding tert-OH is 1. The van der Waals surface area contributed by atoms with Crippen LogP contribution in [-0.2, 0) is 4.79 Å². The number of rotatable bonds is 7. The molecule has 27 heavy (non-hydrogen) atoms. The number of ether oxygens (including phenoxy) is 1. The average molecular weight is 376 g/mol. The zero-order valence-electron chi connectivity index (χ0n) is 16.4. The van der Waals surface area contributed by atoms with Crippen LogP contribution in [0.5, 0.6) is 5.75 Å². The van der Waals surface area contributed by atoms with Gasteiger partial charge >= 0.3 is 0 Å². The van der Waals surface area contributed by atoms with Crippen LogP contribution in [0, 0.1) is 6.92 Å². The Balaban J connectivity index is 1.49. The number of primary amides is 1. The molecule has 2 aliphatic heterocycles. The van der Waals surface area contributed by atoms with Gasteiger partial charge in [0.1, 0.15) is 24.0 Å². The molecule has 1 aromatic carbocycles. The van der Waals surface area contributed by atoms with Crippen molar-refractivity contribution in [3.8, 4) is 5.75 Å². The summed E-state index contributed by atoms with van der Waals surface area (Å²) < 4.78 is 5.76. The van der Waals surface area contributed by atoms with Crippen LogP contribution < -0.4 is 10.5 Å². The third-order valence-electron chi connectivity index (χ3n) is 6.10. The van der Waals surface area contributed by atoms with E-state index >= 15 is 0 Å². The van der Waals surface area contributed by atoms with E-state index in [1.807, 2.05) is 31.2 Å². The Morgan fingerprint density at radius 2 is 1.85 bits per heavy atom. The third kappa shape index (κ3) is 4.81. The van der Waals surface area contributed by atoms with E-state index in [2.05, 4.69) is 9.80 Å². The Hall–Kier alpha value is -1.63. The quantitative estimate of drug-likeness (QED) is 0.756. The van der Waals surface area contributed by atoms with Crippen LogP contribution in [0.15, 0.2) is 24.3 Å². The number of amides is 1. The highest BCUT2D eigenvalue weighted by Crippen LogP contribution is 2.31. The lowest BCUT2D eigenvalue weighted by Gasteiger charge is -2.48. The van der Waals surface area contributed by atoms with Crippen LogP contribution in [0.3, 0.4) is 0 Å². The lowest BCUT2D eigenvalue weighted by atomic mass is 9.83. The molecule has 0 saturated carbocycles. The molecule has 0 aliphatic carbocycles. The van der Waals surface area contributed by atoms with Crippen LogP contribution >= 0.6 is 0 Å². The number of hydrogen-bond donors (Lipinski definition) is 2. The number of para-hydroxylation sites is 1. The van der Waals surface area contributed by atoms with Gasteiger partial charge in [0.2, 0.25) is 5.91 Å². The molecule has 2 heterocycles. The molecule has 0 bridgehead atoms. The number of piperidine rings is 2. The lowest BCUT2D eigenvalue weighted by molar-refractivity contribution is -0.135. The molecule has 2 aliphatic rings. The van der Waals surface area contributed by atoms with E-state index in [-0.39, 0.29) is 12.5 Å². The first-order valence-corrected chi connectivity index (χ1v) is 10.1. The lowest BCUT2D eigenvalue weighted by Crippen LogP contribution is -2.63. The summed E-state index contributed by atoms with van der Waals surface area (Å²) in [5.41, 5.74) is 6.40. The van der Waals surface area contributed by atoms with E-state index in [1.54, 1.807) is 0 Å². The second kappa shape index (κ2) is 9.04. The van der Waals surface area contributed by atoms with Gasteiger partial charge in [-0.15, -0.1) is 0 Å². The van der Waals surface area contributed by atoms with Crippen molar-refractivity contribution < 1.29 is 14.6 Å². The molecule has 3 N–H and O–H groups in total. The standard InChI is InChI=1S/C21H33N3O3/c1-17-7-3-4-8-19(17)27-16-18(25)15-23-13-9-21(10-14-23,20(22)26)24-11-5-2-6-12-24/h3-4,7-8,18,25H,2,5-6,9-16H2,1H3,(H2,22,26). The van der Waals surface area contributed by atoms with Gasteiger partial charge in [0, 0.05) is 19.6 Å². The smallest absolute Gasteiger partial charge is 0.238 e. The van der Waals surface area contributed by atoms with Crippen molar-refractivity contribution in [2.24, 2.45) is 5.73 Å². The number of aryl methyl sites for hydroxylation is 1. The van der Waals surface area contributed by atoms with Crippen LogP contribution in [0.2, 0.25) is 0 Å². The van der Waals surface area contributed by atoms with Crippen molar-refractivity contribution in [2.75, 3.05) is 39.3 Å². The average Bonchev–Trinajstić information content (AvgIpc) is 2.68. The zero-order valence-corrected chi connectivity index (χ0v) is 16.4. The van der Waals surface area contributed by atoms with E-state index < -0.39 is 11.6 Å². The Labute approximate surface area is 162 Å². The van der Waals surface area contributed by atoms with Crippen molar-refractivity contribution in [2.45, 2.75) is 50.7 Å². The minimum atomic E-state index is -0.555. The van der Waals surface area contributed by atoms with Gasteiger partial charge in [0.25, 0.3) is 0 Å². The molecule has 1 aromatic rings. The molecular weight excluding hydrogens is 342 g/mol. The van der Waals surface area contributed by atoms with E-state index in [0.29, 0.717) is 6.54 Å². The first-order chi connectivity index (χ1) is 13.0. The van der Waals surface area contributed by atoms with E-state index in [0.717, 1.165) is 63.2 Å². The number of carbonyl (C=O) groups is 1. The number of benzene rings is 1. The molecule has 3 rings (SSSR count). The summed E-state index contributed by atoms with van der Waals surface area (Å²) in [5.74, 6) is 0.625. The summed E-state index contributed by atoms with van der Waals surface area (Å²) in [6.07, 6.45) is 4.47. The summed E-state index contributed by atoms with van der Waals surface area (Å²) in [4.78, 5) is 16.8. The highest BCUT2D eigenvalue weighted by Gasteiger charge is 2.45. The molecule has 2 fully saturated rings. The molecule has 0 spiro atoms. The topological polar surface area (TPSA) is 79.0 Å². The highest BCUT2D eigenvalue weighted by molar-refractivity contribution is 5.84. The highest BCUT2D eigenvalue weighted by atomic mass is 16.5. The second-order valence-corrected chi connectivity index (χ2v) is 7.97. The van der Waals surface area contributed by atoms with Crippen LogP contribution in [-0.4, -0.2) is 71.8 Å². The maximum absolute atomic E-state index is 12.3. The molecular formula is C21H33N3O3. The van der Waals surface area contributed by atoms with Gasteiger partial charge < -0.3 is 20.5 Å². The van der Waals surface area contributed by atoms with Crippen molar-refractivity contribution in [1.29, 1.82) is 0 Å². The Bertz CT molecular complexity index is 623. The monoisotopic (exact) mass is 375 g/mol. The van der Waals surface area contributed by atoms with Crippen molar-refractivity contribution >= 4 is 5.91 Å². The SMILES string of the molecule is Cc1ccccc1OCC(O)CN1CCC(C(N)=O)(N2CCCCC2)CC1. The second-order valence-electron chi connectivity index (χ2n) is 7.97. The molecule has 6 heteroatoms. The van der Waals surface area contributed by atoms with Crippen molar-refractivity contribution in [3.05, 3.63) is 29.8 Å². The number of β-amino-alcohol motifs (C(OH)–C–C–N with tert-alkyl or cyclic N) is 1. The molecule has 2 saturated heterocycles. The molecule has 1 unspecified atom stereocenters. The summed E-state index contributed by atoms with van der Waals surface area (Å²) in [7, 11) is 0. The van der Waals surface area contributed by atoms with Gasteiger partial charge in [0.05, 0.1) is 0 Å².